The lowest BCUT2D eigenvalue weighted by molar-refractivity contribution is 0.0372. The maximum atomic E-state index is 12.7. The van der Waals surface area contributed by atoms with Crippen LogP contribution in [0.5, 0.6) is 0 Å². The van der Waals surface area contributed by atoms with E-state index >= 15 is 0 Å². The van der Waals surface area contributed by atoms with Crippen LogP contribution in [0.15, 0.2) is 29.2 Å². The highest BCUT2D eigenvalue weighted by atomic mass is 32.2. The third-order valence-electron chi connectivity index (χ3n) is 4.98. The van der Waals surface area contributed by atoms with E-state index in [4.69, 9.17) is 4.74 Å². The van der Waals surface area contributed by atoms with Crippen LogP contribution in [0.2, 0.25) is 0 Å². The van der Waals surface area contributed by atoms with Gasteiger partial charge in [0.25, 0.3) is 0 Å². The number of nitrogens with zero attached hydrogens (tertiary/aromatic N) is 2. The monoisotopic (exact) mass is 324 g/mol. The molecule has 2 saturated heterocycles. The van der Waals surface area contributed by atoms with Crippen LogP contribution >= 0.6 is 0 Å². The van der Waals surface area contributed by atoms with Crippen LogP contribution in [-0.4, -0.2) is 63.6 Å². The highest BCUT2D eigenvalue weighted by molar-refractivity contribution is 7.89. The number of aryl methyl sites for hydroxylation is 1. The van der Waals surface area contributed by atoms with Crippen molar-refractivity contribution in [3.8, 4) is 0 Å². The molecule has 0 N–H and O–H groups in total. The van der Waals surface area contributed by atoms with E-state index in [2.05, 4.69) is 11.9 Å². The van der Waals surface area contributed by atoms with E-state index in [9.17, 15) is 8.42 Å². The SMILES string of the molecule is COC[C@H]1CN(C)C2(C1)CN(S(=O)(=O)c1cccc(C)c1)C2. The smallest absolute Gasteiger partial charge is 0.243 e. The van der Waals surface area contributed by atoms with Gasteiger partial charge in [0, 0.05) is 32.3 Å². The molecule has 0 aromatic heterocycles. The number of methoxy groups -OCH3 is 1. The minimum atomic E-state index is -3.37. The Morgan fingerprint density at radius 3 is 2.73 bits per heavy atom. The third-order valence-corrected chi connectivity index (χ3v) is 6.77. The summed E-state index contributed by atoms with van der Waals surface area (Å²) in [6.45, 7) is 4.81. The summed E-state index contributed by atoms with van der Waals surface area (Å²) in [4.78, 5) is 2.70. The summed E-state index contributed by atoms with van der Waals surface area (Å²) in [7, 11) is 0.446. The van der Waals surface area contributed by atoms with Gasteiger partial charge in [-0.2, -0.15) is 4.31 Å². The second-order valence-corrected chi connectivity index (χ2v) is 8.66. The number of sulfonamides is 1. The topological polar surface area (TPSA) is 49.9 Å². The van der Waals surface area contributed by atoms with Crippen molar-refractivity contribution >= 4 is 10.0 Å². The van der Waals surface area contributed by atoms with Crippen LogP contribution < -0.4 is 0 Å². The zero-order valence-electron chi connectivity index (χ0n) is 13.4. The van der Waals surface area contributed by atoms with Crippen LogP contribution in [-0.2, 0) is 14.8 Å². The standard InChI is InChI=1S/C16H24N2O3S/c1-13-5-4-6-15(7-13)22(19,20)18-11-16(12-18)8-14(10-21-3)9-17(16)2/h4-7,14H,8-12H2,1-3H3/t14-/m1/s1. The molecule has 1 aromatic carbocycles. The van der Waals surface area contributed by atoms with Crippen molar-refractivity contribution in [1.82, 2.24) is 9.21 Å². The van der Waals surface area contributed by atoms with Gasteiger partial charge in [-0.1, -0.05) is 12.1 Å². The van der Waals surface area contributed by atoms with Crippen molar-refractivity contribution in [2.45, 2.75) is 23.8 Å². The lowest BCUT2D eigenvalue weighted by Gasteiger charge is -2.50. The number of ether oxygens (including phenoxy) is 1. The molecule has 0 bridgehead atoms. The maximum Gasteiger partial charge on any atom is 0.243 e. The predicted molar refractivity (Wildman–Crippen MR) is 85.3 cm³/mol. The second-order valence-electron chi connectivity index (χ2n) is 6.72. The Labute approximate surface area is 132 Å². The van der Waals surface area contributed by atoms with Crippen molar-refractivity contribution < 1.29 is 13.2 Å². The Bertz CT molecular complexity index is 653. The molecule has 0 saturated carbocycles. The molecule has 1 atom stereocenters. The number of likely N-dealkylation sites (tertiary alicyclic amines) is 1. The van der Waals surface area contributed by atoms with E-state index in [1.807, 2.05) is 13.0 Å². The minimum Gasteiger partial charge on any atom is -0.384 e. The van der Waals surface area contributed by atoms with Crippen molar-refractivity contribution in [3.63, 3.8) is 0 Å². The molecular formula is C16H24N2O3S. The number of hydrogen-bond donors (Lipinski definition) is 0. The molecular weight excluding hydrogens is 300 g/mol. The first kappa shape index (κ1) is 15.9. The quantitative estimate of drug-likeness (QED) is 0.838. The summed E-state index contributed by atoms with van der Waals surface area (Å²) < 4.78 is 32.3. The largest absolute Gasteiger partial charge is 0.384 e. The Morgan fingerprint density at radius 2 is 2.09 bits per heavy atom. The molecule has 122 valence electrons. The Morgan fingerprint density at radius 1 is 1.36 bits per heavy atom. The fourth-order valence-electron chi connectivity index (χ4n) is 3.76. The van der Waals surface area contributed by atoms with Gasteiger partial charge in [0.15, 0.2) is 0 Å². The van der Waals surface area contributed by atoms with Gasteiger partial charge in [-0.05, 0) is 44.0 Å². The van der Waals surface area contributed by atoms with Gasteiger partial charge in [-0.15, -0.1) is 0 Å². The predicted octanol–water partition coefficient (Wildman–Crippen LogP) is 1.34. The summed E-state index contributed by atoms with van der Waals surface area (Å²) >= 11 is 0. The zero-order chi connectivity index (χ0) is 16.0. The molecule has 0 aliphatic carbocycles. The zero-order valence-corrected chi connectivity index (χ0v) is 14.3. The summed E-state index contributed by atoms with van der Waals surface area (Å²) in [5.74, 6) is 0.499. The van der Waals surface area contributed by atoms with Gasteiger partial charge >= 0.3 is 0 Å². The molecule has 1 spiro atoms. The van der Waals surface area contributed by atoms with E-state index in [1.165, 1.54) is 0 Å². The highest BCUT2D eigenvalue weighted by Gasteiger charge is 2.55. The first-order valence-electron chi connectivity index (χ1n) is 7.64. The minimum absolute atomic E-state index is 0.0000909. The molecule has 0 unspecified atom stereocenters. The van der Waals surface area contributed by atoms with Gasteiger partial charge in [-0.25, -0.2) is 8.42 Å². The fourth-order valence-corrected chi connectivity index (χ4v) is 5.47. The van der Waals surface area contributed by atoms with Crippen LogP contribution in [0.25, 0.3) is 0 Å². The van der Waals surface area contributed by atoms with Crippen LogP contribution in [0.1, 0.15) is 12.0 Å². The number of likely N-dealkylation sites (N-methyl/N-ethyl adjacent to an activating group) is 1. The van der Waals surface area contributed by atoms with Gasteiger partial charge in [0.2, 0.25) is 10.0 Å². The molecule has 2 fully saturated rings. The van der Waals surface area contributed by atoms with Gasteiger partial charge in [0.1, 0.15) is 0 Å². The lowest BCUT2D eigenvalue weighted by atomic mass is 9.87. The third kappa shape index (κ3) is 2.58. The average Bonchev–Trinajstić information content (AvgIpc) is 2.74. The molecule has 3 rings (SSSR count). The second kappa shape index (κ2) is 5.60. The van der Waals surface area contributed by atoms with Crippen molar-refractivity contribution in [1.29, 1.82) is 0 Å². The van der Waals surface area contributed by atoms with Crippen LogP contribution in [0.3, 0.4) is 0 Å². The van der Waals surface area contributed by atoms with Gasteiger partial charge in [-0.3, -0.25) is 4.90 Å². The highest BCUT2D eigenvalue weighted by Crippen LogP contribution is 2.41. The first-order chi connectivity index (χ1) is 10.4. The molecule has 2 heterocycles. The first-order valence-corrected chi connectivity index (χ1v) is 9.08. The van der Waals surface area contributed by atoms with Gasteiger partial charge < -0.3 is 4.74 Å². The van der Waals surface area contributed by atoms with Crippen molar-refractivity contribution in [3.05, 3.63) is 29.8 Å². The molecule has 2 aliphatic heterocycles. The molecule has 1 aromatic rings. The van der Waals surface area contributed by atoms with Crippen LogP contribution in [0.4, 0.5) is 0 Å². The molecule has 5 nitrogen and oxygen atoms in total. The maximum absolute atomic E-state index is 12.7. The number of rotatable bonds is 4. The summed E-state index contributed by atoms with van der Waals surface area (Å²) in [6.07, 6.45) is 1.01. The fraction of sp³-hybridized carbons (Fsp3) is 0.625. The Balaban J connectivity index is 1.73. The summed E-state index contributed by atoms with van der Waals surface area (Å²) in [6, 6.07) is 7.14. The molecule has 0 radical (unpaired) electrons. The Kier molecular flexibility index (Phi) is 4.05. The van der Waals surface area contributed by atoms with E-state index in [1.54, 1.807) is 29.6 Å². The van der Waals surface area contributed by atoms with Crippen molar-refractivity contribution in [2.75, 3.05) is 40.4 Å². The normalized spacial score (nSPS) is 25.5. The summed E-state index contributed by atoms with van der Waals surface area (Å²) in [5, 5.41) is 0. The lowest BCUT2D eigenvalue weighted by Crippen LogP contribution is -2.67. The van der Waals surface area contributed by atoms with E-state index in [-0.39, 0.29) is 5.54 Å². The Hall–Kier alpha value is -0.950. The molecule has 0 amide bonds. The molecule has 2 aliphatic rings. The van der Waals surface area contributed by atoms with E-state index in [0.717, 1.165) is 25.1 Å². The van der Waals surface area contributed by atoms with Gasteiger partial charge in [0.05, 0.1) is 11.5 Å². The molecule has 22 heavy (non-hydrogen) atoms. The number of hydrogen-bond acceptors (Lipinski definition) is 4. The number of benzene rings is 1. The van der Waals surface area contributed by atoms with Crippen molar-refractivity contribution in [2.24, 2.45) is 5.92 Å². The van der Waals surface area contributed by atoms with E-state index in [0.29, 0.717) is 23.9 Å². The van der Waals surface area contributed by atoms with E-state index < -0.39 is 10.0 Å². The average molecular weight is 324 g/mol. The van der Waals surface area contributed by atoms with Crippen LogP contribution in [0, 0.1) is 12.8 Å². The summed E-state index contributed by atoms with van der Waals surface area (Å²) in [5.41, 5.74) is 0.967. The molecule has 6 heteroatoms.